The summed E-state index contributed by atoms with van der Waals surface area (Å²) in [7, 11) is 0. The number of benzene rings is 2. The Morgan fingerprint density at radius 2 is 1.25 bits per heavy atom. The highest BCUT2D eigenvalue weighted by atomic mass is 16.4. The Hall–Kier alpha value is -5.64. The predicted octanol–water partition coefficient (Wildman–Crippen LogP) is 4.01. The monoisotopic (exact) mass is 904 g/mol. The van der Waals surface area contributed by atoms with Crippen molar-refractivity contribution in [3.63, 3.8) is 0 Å². The van der Waals surface area contributed by atoms with Gasteiger partial charge in [-0.25, -0.2) is 4.79 Å². The van der Waals surface area contributed by atoms with Crippen LogP contribution in [0, 0.1) is 5.92 Å². The molecule has 1 saturated heterocycles. The van der Waals surface area contributed by atoms with Crippen LogP contribution in [0.3, 0.4) is 0 Å². The molecule has 2 aromatic carbocycles. The van der Waals surface area contributed by atoms with E-state index in [0.29, 0.717) is 51.5 Å². The Bertz CT molecular complexity index is 1810. The number of primary amides is 2. The summed E-state index contributed by atoms with van der Waals surface area (Å²) < 4.78 is 0. The second-order valence-corrected chi connectivity index (χ2v) is 17.7. The third-order valence-electron chi connectivity index (χ3n) is 11.8. The number of aldehydes is 1. The summed E-state index contributed by atoms with van der Waals surface area (Å²) in [6, 6.07) is 13.2. The first-order valence-electron chi connectivity index (χ1n) is 23.5. The van der Waals surface area contributed by atoms with Crippen molar-refractivity contribution >= 4 is 47.7 Å². The lowest BCUT2D eigenvalue weighted by Crippen LogP contribution is -2.56. The number of carbonyl (C=O) groups excluding carboxylic acids is 7. The minimum atomic E-state index is -1.20. The fourth-order valence-corrected chi connectivity index (χ4v) is 8.31. The zero-order chi connectivity index (χ0) is 47.6. The lowest BCUT2D eigenvalue weighted by molar-refractivity contribution is -0.142. The van der Waals surface area contributed by atoms with Crippen molar-refractivity contribution in [2.75, 3.05) is 6.54 Å². The quantitative estimate of drug-likeness (QED) is 0.0400. The van der Waals surface area contributed by atoms with E-state index < -0.39 is 65.7 Å². The Morgan fingerprint density at radius 1 is 0.708 bits per heavy atom. The lowest BCUT2D eigenvalue weighted by Gasteiger charge is -2.28. The molecule has 0 aromatic heterocycles. The van der Waals surface area contributed by atoms with Gasteiger partial charge < -0.3 is 47.5 Å². The summed E-state index contributed by atoms with van der Waals surface area (Å²) in [6.45, 7) is 4.31. The van der Waals surface area contributed by atoms with Crippen LogP contribution in [0.15, 0.2) is 60.7 Å². The number of nitrogens with one attached hydrogen (secondary N) is 4. The average Bonchev–Trinajstić information content (AvgIpc) is 3.77. The van der Waals surface area contributed by atoms with Gasteiger partial charge in [0, 0.05) is 38.3 Å². The van der Waals surface area contributed by atoms with Crippen LogP contribution in [0.4, 0.5) is 0 Å². The van der Waals surface area contributed by atoms with Crippen LogP contribution in [0.2, 0.25) is 0 Å². The van der Waals surface area contributed by atoms with Gasteiger partial charge in [-0.2, -0.15) is 0 Å². The molecule has 16 nitrogen and oxygen atoms in total. The molecule has 2 aromatic rings. The smallest absolute Gasteiger partial charge is 0.326 e. The van der Waals surface area contributed by atoms with Crippen molar-refractivity contribution in [3.05, 3.63) is 71.8 Å². The van der Waals surface area contributed by atoms with Crippen LogP contribution in [-0.4, -0.2) is 101 Å². The molecule has 1 unspecified atom stereocenters. The maximum Gasteiger partial charge on any atom is 0.326 e. The maximum atomic E-state index is 13.6. The molecular weight excluding hydrogens is 831 g/mol. The first-order chi connectivity index (χ1) is 31.2. The first kappa shape index (κ1) is 53.7. The van der Waals surface area contributed by atoms with Crippen molar-refractivity contribution in [2.45, 2.75) is 172 Å². The van der Waals surface area contributed by atoms with Crippen LogP contribution in [-0.2, 0) is 51.2 Å². The molecule has 1 aliphatic rings. The minimum absolute atomic E-state index is 0.0507. The number of nitrogens with zero attached hydrogens (tertiary/aromatic N) is 1. The Balaban J connectivity index is 1.51. The average molecular weight is 904 g/mol. The third-order valence-corrected chi connectivity index (χ3v) is 11.8. The van der Waals surface area contributed by atoms with Crippen molar-refractivity contribution in [3.8, 4) is 0 Å². The molecule has 16 heteroatoms. The number of carboxylic acid groups (broad SMARTS) is 1. The maximum absolute atomic E-state index is 13.6. The molecule has 6 amide bonds. The van der Waals surface area contributed by atoms with Gasteiger partial charge in [0.15, 0.2) is 0 Å². The van der Waals surface area contributed by atoms with Gasteiger partial charge in [-0.1, -0.05) is 119 Å². The molecule has 6 atom stereocenters. The van der Waals surface area contributed by atoms with Crippen LogP contribution < -0.4 is 32.7 Å². The van der Waals surface area contributed by atoms with Gasteiger partial charge in [-0.15, -0.1) is 0 Å². The number of hydrogen-bond donors (Lipinski definition) is 7. The minimum Gasteiger partial charge on any atom is -0.480 e. The third kappa shape index (κ3) is 20.8. The molecule has 358 valence electrons. The summed E-state index contributed by atoms with van der Waals surface area (Å²) in [6.07, 6.45) is 11.9. The van der Waals surface area contributed by atoms with Crippen molar-refractivity contribution < 1.29 is 43.5 Å². The predicted molar refractivity (Wildman–Crippen MR) is 248 cm³/mol. The number of likely N-dealkylation sites (tertiary alicyclic amines) is 1. The van der Waals surface area contributed by atoms with Crippen LogP contribution >= 0.6 is 0 Å². The molecule has 1 aliphatic heterocycles. The number of nitrogens with two attached hydrogens (primary N) is 2. The summed E-state index contributed by atoms with van der Waals surface area (Å²) in [5, 5.41) is 21.4. The molecular formula is C49H73N7O9. The summed E-state index contributed by atoms with van der Waals surface area (Å²) in [5.74, 6) is -4.14. The molecule has 65 heavy (non-hydrogen) atoms. The van der Waals surface area contributed by atoms with E-state index in [1.54, 1.807) is 29.2 Å². The second-order valence-electron chi connectivity index (χ2n) is 17.7. The molecule has 0 aliphatic carbocycles. The van der Waals surface area contributed by atoms with Crippen LogP contribution in [0.25, 0.3) is 0 Å². The zero-order valence-corrected chi connectivity index (χ0v) is 38.3. The van der Waals surface area contributed by atoms with E-state index in [-0.39, 0.29) is 43.6 Å². The number of rotatable bonds is 33. The number of hydrogen-bond acceptors (Lipinski definition) is 9. The lowest BCUT2D eigenvalue weighted by atomic mass is 9.98. The highest BCUT2D eigenvalue weighted by Crippen LogP contribution is 2.21. The molecule has 0 radical (unpaired) electrons. The topological polar surface area (TPSA) is 260 Å². The number of unbranched alkanes of at least 4 members (excludes halogenated alkanes) is 8. The standard InChI is InChI=1S/C49H73N7O9/c1-34(2)30-39(46(61)53-38(45(51)60)31-35-20-11-9-12-21-35)54-48(63)42-26-19-28-56(42)44(59)27-17-7-3-5-15-24-37(25-16-6-4-8-18-29-57)52-40(33-43(50)58)47(62)55-41(49(64)65)32-36-22-13-10-14-23-36/h9-14,20-23,29,34,37-42,52H,3-8,15-19,24-28,30-33H2,1-2H3,(H2,50,58)(H2,51,60)(H,53,61)(H,54,63)(H,55,62)(H,64,65)/t37?,38-,39-,40-,41-,42-/m0/s1. The Labute approximate surface area is 384 Å². The van der Waals surface area contributed by atoms with Crippen molar-refractivity contribution in [1.82, 2.24) is 26.2 Å². The van der Waals surface area contributed by atoms with E-state index in [4.69, 9.17) is 11.5 Å². The van der Waals surface area contributed by atoms with E-state index in [9.17, 15) is 43.5 Å². The van der Waals surface area contributed by atoms with Gasteiger partial charge in [0.2, 0.25) is 35.4 Å². The van der Waals surface area contributed by atoms with E-state index in [0.717, 1.165) is 68.8 Å². The van der Waals surface area contributed by atoms with Gasteiger partial charge in [0.05, 0.1) is 12.5 Å². The normalized spacial score (nSPS) is 15.9. The molecule has 0 spiro atoms. The van der Waals surface area contributed by atoms with Gasteiger partial charge in [0.25, 0.3) is 0 Å². The number of aliphatic carboxylic acids is 1. The van der Waals surface area contributed by atoms with Crippen LogP contribution in [0.1, 0.15) is 134 Å². The Morgan fingerprint density at radius 3 is 1.80 bits per heavy atom. The fourth-order valence-electron chi connectivity index (χ4n) is 8.31. The molecule has 1 fully saturated rings. The van der Waals surface area contributed by atoms with E-state index in [1.165, 1.54) is 0 Å². The van der Waals surface area contributed by atoms with Gasteiger partial charge >= 0.3 is 5.97 Å². The number of carboxylic acids is 1. The number of amides is 6. The van der Waals surface area contributed by atoms with Gasteiger partial charge in [0.1, 0.15) is 30.5 Å². The van der Waals surface area contributed by atoms with Crippen molar-refractivity contribution in [2.24, 2.45) is 17.4 Å². The summed E-state index contributed by atoms with van der Waals surface area (Å²) in [4.78, 5) is 103. The van der Waals surface area contributed by atoms with Gasteiger partial charge in [-0.3, -0.25) is 28.8 Å². The SMILES string of the molecule is CC(C)C[C@H](NC(=O)[C@@H]1CCCN1C(=O)CCCCCCCC(CCCCCCC=O)N[C@@H](CC(N)=O)C(=O)N[C@@H](Cc1ccccc1)C(=O)O)C(=O)N[C@@H](Cc1ccccc1)C(N)=O. The van der Waals surface area contributed by atoms with Crippen molar-refractivity contribution in [1.29, 1.82) is 0 Å². The molecule has 3 rings (SSSR count). The van der Waals surface area contributed by atoms with E-state index in [1.807, 2.05) is 50.2 Å². The van der Waals surface area contributed by atoms with E-state index >= 15 is 0 Å². The summed E-state index contributed by atoms with van der Waals surface area (Å²) >= 11 is 0. The second kappa shape index (κ2) is 29.7. The summed E-state index contributed by atoms with van der Waals surface area (Å²) in [5.41, 5.74) is 12.8. The zero-order valence-electron chi connectivity index (χ0n) is 38.3. The highest BCUT2D eigenvalue weighted by Gasteiger charge is 2.36. The largest absolute Gasteiger partial charge is 0.480 e. The highest BCUT2D eigenvalue weighted by molar-refractivity contribution is 5.94. The number of carbonyl (C=O) groups is 8. The fraction of sp³-hybridized carbons (Fsp3) is 0.592. The molecule has 9 N–H and O–H groups in total. The van der Waals surface area contributed by atoms with E-state index in [2.05, 4.69) is 21.3 Å². The van der Waals surface area contributed by atoms with Crippen LogP contribution in [0.5, 0.6) is 0 Å². The molecule has 0 saturated carbocycles. The van der Waals surface area contributed by atoms with Gasteiger partial charge in [-0.05, 0) is 62.0 Å². The first-order valence-corrected chi connectivity index (χ1v) is 23.5. The molecule has 1 heterocycles. The Kier molecular flexibility index (Phi) is 24.6. The molecule has 0 bridgehead atoms.